The van der Waals surface area contributed by atoms with E-state index in [1.165, 1.54) is 0 Å². The van der Waals surface area contributed by atoms with Gasteiger partial charge in [0.05, 0.1) is 11.1 Å². The lowest BCUT2D eigenvalue weighted by Gasteiger charge is -2.00. The minimum absolute atomic E-state index is 0.0850. The summed E-state index contributed by atoms with van der Waals surface area (Å²) in [5.41, 5.74) is 3.35. The number of fused-ring (bicyclic) bond motifs is 1. The summed E-state index contributed by atoms with van der Waals surface area (Å²) in [7, 11) is 1.83. The summed E-state index contributed by atoms with van der Waals surface area (Å²) in [5, 5.41) is 4.92. The third-order valence-corrected chi connectivity index (χ3v) is 2.66. The normalized spacial score (nSPS) is 11.1. The summed E-state index contributed by atoms with van der Waals surface area (Å²) in [6.45, 7) is 5.59. The predicted molar refractivity (Wildman–Crippen MR) is 55.5 cm³/mol. The average Bonchev–Trinajstić information content (AvgIpc) is 2.38. The van der Waals surface area contributed by atoms with Crippen LogP contribution in [-0.4, -0.2) is 14.8 Å². The van der Waals surface area contributed by atoms with Gasteiger partial charge in [0.1, 0.15) is 5.65 Å². The van der Waals surface area contributed by atoms with Crippen LogP contribution in [0.25, 0.3) is 11.0 Å². The Bertz CT molecular complexity index is 563. The summed E-state index contributed by atoms with van der Waals surface area (Å²) < 4.78 is 1.71. The molecule has 4 heteroatoms. The maximum absolute atomic E-state index is 11.9. The van der Waals surface area contributed by atoms with Gasteiger partial charge in [0.2, 0.25) is 0 Å². The van der Waals surface area contributed by atoms with Crippen molar-refractivity contribution in [1.29, 1.82) is 0 Å². The topological polar surface area (TPSA) is 50.7 Å². The number of hydrogen-bond donors (Lipinski definition) is 1. The molecule has 1 N–H and O–H groups in total. The molecule has 2 aromatic rings. The molecule has 0 aliphatic rings. The Morgan fingerprint density at radius 3 is 2.57 bits per heavy atom. The van der Waals surface area contributed by atoms with Crippen LogP contribution in [0.1, 0.15) is 17.0 Å². The van der Waals surface area contributed by atoms with Gasteiger partial charge in [-0.15, -0.1) is 0 Å². The second-order valence-corrected chi connectivity index (χ2v) is 3.64. The lowest BCUT2D eigenvalue weighted by atomic mass is 10.1. The van der Waals surface area contributed by atoms with Crippen LogP contribution < -0.4 is 5.43 Å². The standard InChI is InChI=1S/C10H13N3O/c1-5-6(2)11-10-8(9(5)14)7(3)12-13(10)4/h1-4H3,(H,11,14). The third-order valence-electron chi connectivity index (χ3n) is 2.66. The molecule has 0 atom stereocenters. The lowest BCUT2D eigenvalue weighted by Crippen LogP contribution is -2.10. The van der Waals surface area contributed by atoms with Gasteiger partial charge in [0.15, 0.2) is 5.43 Å². The first-order chi connectivity index (χ1) is 6.52. The van der Waals surface area contributed by atoms with Crippen LogP contribution in [0.4, 0.5) is 0 Å². The van der Waals surface area contributed by atoms with E-state index in [0.717, 1.165) is 22.6 Å². The van der Waals surface area contributed by atoms with E-state index in [4.69, 9.17) is 0 Å². The number of aryl methyl sites for hydroxylation is 3. The maximum atomic E-state index is 11.9. The Morgan fingerprint density at radius 2 is 1.93 bits per heavy atom. The Morgan fingerprint density at radius 1 is 1.29 bits per heavy atom. The second-order valence-electron chi connectivity index (χ2n) is 3.64. The summed E-state index contributed by atoms with van der Waals surface area (Å²) in [5.74, 6) is 0. The van der Waals surface area contributed by atoms with Gasteiger partial charge in [-0.3, -0.25) is 9.48 Å². The molecule has 0 aliphatic heterocycles. The van der Waals surface area contributed by atoms with Gasteiger partial charge < -0.3 is 4.98 Å². The predicted octanol–water partition coefficient (Wildman–Crippen LogP) is 1.19. The number of hydrogen-bond acceptors (Lipinski definition) is 2. The molecule has 74 valence electrons. The fourth-order valence-corrected chi connectivity index (χ4v) is 1.70. The molecule has 0 bridgehead atoms. The van der Waals surface area contributed by atoms with Crippen molar-refractivity contribution in [3.8, 4) is 0 Å². The van der Waals surface area contributed by atoms with E-state index < -0.39 is 0 Å². The van der Waals surface area contributed by atoms with E-state index >= 15 is 0 Å². The smallest absolute Gasteiger partial charge is 0.196 e. The van der Waals surface area contributed by atoms with Gasteiger partial charge in [-0.2, -0.15) is 5.10 Å². The SMILES string of the molecule is Cc1[nH]c2c(c(C)nn2C)c(=O)c1C. The molecule has 14 heavy (non-hydrogen) atoms. The highest BCUT2D eigenvalue weighted by Gasteiger charge is 2.11. The minimum atomic E-state index is 0.0850. The molecule has 0 spiro atoms. The first-order valence-corrected chi connectivity index (χ1v) is 4.55. The van der Waals surface area contributed by atoms with E-state index in [9.17, 15) is 4.79 Å². The van der Waals surface area contributed by atoms with Crippen LogP contribution >= 0.6 is 0 Å². The largest absolute Gasteiger partial charge is 0.343 e. The number of H-pyrrole nitrogens is 1. The van der Waals surface area contributed by atoms with Crippen LogP contribution in [-0.2, 0) is 7.05 Å². The molecule has 0 saturated heterocycles. The van der Waals surface area contributed by atoms with Crippen LogP contribution in [0.15, 0.2) is 4.79 Å². The number of aromatic amines is 1. The molecule has 4 nitrogen and oxygen atoms in total. The summed E-state index contributed by atoms with van der Waals surface area (Å²) >= 11 is 0. The average molecular weight is 191 g/mol. The van der Waals surface area contributed by atoms with Crippen molar-refractivity contribution in [1.82, 2.24) is 14.8 Å². The van der Waals surface area contributed by atoms with Gasteiger partial charge >= 0.3 is 0 Å². The first kappa shape index (κ1) is 8.99. The zero-order chi connectivity index (χ0) is 10.5. The highest BCUT2D eigenvalue weighted by atomic mass is 16.1. The monoisotopic (exact) mass is 191 g/mol. The van der Waals surface area contributed by atoms with Crippen molar-refractivity contribution in [2.45, 2.75) is 20.8 Å². The highest BCUT2D eigenvalue weighted by Crippen LogP contribution is 2.12. The van der Waals surface area contributed by atoms with Crippen molar-refractivity contribution in [3.63, 3.8) is 0 Å². The van der Waals surface area contributed by atoms with Crippen LogP contribution in [0, 0.1) is 20.8 Å². The molecular weight excluding hydrogens is 178 g/mol. The molecule has 0 aromatic carbocycles. The highest BCUT2D eigenvalue weighted by molar-refractivity contribution is 5.78. The summed E-state index contributed by atoms with van der Waals surface area (Å²) in [4.78, 5) is 15.1. The van der Waals surface area contributed by atoms with E-state index in [1.807, 2.05) is 27.8 Å². The quantitative estimate of drug-likeness (QED) is 0.680. The molecule has 0 fully saturated rings. The van der Waals surface area contributed by atoms with E-state index in [2.05, 4.69) is 10.1 Å². The van der Waals surface area contributed by atoms with Crippen LogP contribution in [0.3, 0.4) is 0 Å². The summed E-state index contributed by atoms with van der Waals surface area (Å²) in [6.07, 6.45) is 0. The van der Waals surface area contributed by atoms with Crippen molar-refractivity contribution < 1.29 is 0 Å². The number of rotatable bonds is 0. The van der Waals surface area contributed by atoms with Gasteiger partial charge in [-0.1, -0.05) is 0 Å². The minimum Gasteiger partial charge on any atom is -0.343 e. The maximum Gasteiger partial charge on any atom is 0.196 e. The Balaban J connectivity index is 3.09. The molecule has 0 amide bonds. The molecule has 0 unspecified atom stereocenters. The van der Waals surface area contributed by atoms with Gasteiger partial charge in [0, 0.05) is 18.3 Å². The molecule has 2 aromatic heterocycles. The Hall–Kier alpha value is -1.58. The third kappa shape index (κ3) is 0.999. The zero-order valence-electron chi connectivity index (χ0n) is 8.80. The summed E-state index contributed by atoms with van der Waals surface area (Å²) in [6, 6.07) is 0. The molecule has 0 aliphatic carbocycles. The zero-order valence-corrected chi connectivity index (χ0v) is 8.80. The van der Waals surface area contributed by atoms with Gasteiger partial charge in [0.25, 0.3) is 0 Å². The van der Waals surface area contributed by atoms with Crippen molar-refractivity contribution in [3.05, 3.63) is 27.2 Å². The van der Waals surface area contributed by atoms with Crippen molar-refractivity contribution in [2.75, 3.05) is 0 Å². The van der Waals surface area contributed by atoms with E-state index in [1.54, 1.807) is 4.68 Å². The number of pyridine rings is 1. The first-order valence-electron chi connectivity index (χ1n) is 4.55. The molecular formula is C10H13N3O. The molecule has 0 saturated carbocycles. The van der Waals surface area contributed by atoms with Crippen LogP contribution in [0.2, 0.25) is 0 Å². The van der Waals surface area contributed by atoms with Crippen LogP contribution in [0.5, 0.6) is 0 Å². The Labute approximate surface area is 81.6 Å². The number of nitrogens with one attached hydrogen (secondary N) is 1. The fourth-order valence-electron chi connectivity index (χ4n) is 1.70. The van der Waals surface area contributed by atoms with Gasteiger partial charge in [-0.05, 0) is 20.8 Å². The fraction of sp³-hybridized carbons (Fsp3) is 0.400. The molecule has 2 heterocycles. The van der Waals surface area contributed by atoms with Crippen molar-refractivity contribution >= 4 is 11.0 Å². The molecule has 0 radical (unpaired) electrons. The second kappa shape index (κ2) is 2.70. The number of nitrogens with zero attached hydrogens (tertiary/aromatic N) is 2. The van der Waals surface area contributed by atoms with E-state index in [0.29, 0.717) is 5.39 Å². The van der Waals surface area contributed by atoms with Gasteiger partial charge in [-0.25, -0.2) is 0 Å². The Kier molecular flexibility index (Phi) is 1.74. The number of aromatic nitrogens is 3. The van der Waals surface area contributed by atoms with E-state index in [-0.39, 0.29) is 5.43 Å². The molecule has 2 rings (SSSR count). The van der Waals surface area contributed by atoms with Crippen molar-refractivity contribution in [2.24, 2.45) is 7.05 Å². The lowest BCUT2D eigenvalue weighted by molar-refractivity contribution is 0.772.